The molecule has 0 spiro atoms. The van der Waals surface area contributed by atoms with Gasteiger partial charge >= 0.3 is 0 Å². The van der Waals surface area contributed by atoms with Crippen molar-refractivity contribution in [2.45, 2.75) is 20.8 Å². The summed E-state index contributed by atoms with van der Waals surface area (Å²) in [6.07, 6.45) is 6.22. The number of nitrogens with zero attached hydrogens (tertiary/aromatic N) is 5. The lowest BCUT2D eigenvalue weighted by Crippen LogP contribution is -2.47. The van der Waals surface area contributed by atoms with Crippen LogP contribution in [0.2, 0.25) is 0 Å². The van der Waals surface area contributed by atoms with Crippen LogP contribution in [0.15, 0.2) is 42.1 Å². The lowest BCUT2D eigenvalue weighted by Gasteiger charge is -2.37. The largest absolute Gasteiger partial charge is 0.495 e. The Labute approximate surface area is 184 Å². The van der Waals surface area contributed by atoms with Gasteiger partial charge < -0.3 is 9.64 Å². The fourth-order valence-electron chi connectivity index (χ4n) is 4.19. The van der Waals surface area contributed by atoms with Crippen molar-refractivity contribution in [2.75, 3.05) is 44.7 Å². The van der Waals surface area contributed by atoms with Crippen molar-refractivity contribution in [1.82, 2.24) is 14.9 Å². The molecular weight excluding hydrogens is 386 g/mol. The molecule has 31 heavy (non-hydrogen) atoms. The minimum Gasteiger partial charge on any atom is -0.495 e. The third-order valence-electron chi connectivity index (χ3n) is 5.62. The van der Waals surface area contributed by atoms with Crippen molar-refractivity contribution in [3.63, 3.8) is 0 Å². The van der Waals surface area contributed by atoms with E-state index in [-0.39, 0.29) is 11.2 Å². The normalized spacial score (nSPS) is 18.0. The number of benzene rings is 1. The molecule has 1 aromatic carbocycles. The molecule has 0 N–H and O–H groups in total. The second kappa shape index (κ2) is 8.52. The summed E-state index contributed by atoms with van der Waals surface area (Å²) in [5.74, 6) is 1.14. The number of fused-ring (bicyclic) bond motifs is 1. The number of anilines is 1. The number of ether oxygens (including phenoxy) is 1. The van der Waals surface area contributed by atoms with Crippen LogP contribution < -0.4 is 9.64 Å². The quantitative estimate of drug-likeness (QED) is 0.752. The Morgan fingerprint density at radius 3 is 2.58 bits per heavy atom. The first-order valence-electron chi connectivity index (χ1n) is 10.7. The molecule has 2 aromatic rings. The van der Waals surface area contributed by atoms with Crippen molar-refractivity contribution in [2.24, 2.45) is 5.41 Å². The fourth-order valence-corrected chi connectivity index (χ4v) is 4.19. The zero-order chi connectivity index (χ0) is 22.0. The van der Waals surface area contributed by atoms with Gasteiger partial charge in [-0.05, 0) is 29.2 Å². The standard InChI is InChI=1S/C25H29N5O/c1-25(2,3)14-20-19(13-18-16-27-23(15-26)28-24(18)20)17-29-9-11-30(12-10-29)21-7-5-6-8-22(21)31-4/h5-8,13-14,16H,9-12,17H2,1-4H3/b20-14-. The van der Waals surface area contributed by atoms with Gasteiger partial charge in [-0.1, -0.05) is 39.0 Å². The van der Waals surface area contributed by atoms with Crippen LogP contribution in [0.25, 0.3) is 11.6 Å². The topological polar surface area (TPSA) is 65.3 Å². The second-order valence-corrected chi connectivity index (χ2v) is 9.14. The summed E-state index contributed by atoms with van der Waals surface area (Å²) >= 11 is 0. The first-order chi connectivity index (χ1) is 14.9. The average molecular weight is 416 g/mol. The molecule has 6 nitrogen and oxygen atoms in total. The third kappa shape index (κ3) is 4.62. The van der Waals surface area contributed by atoms with E-state index < -0.39 is 0 Å². The second-order valence-electron chi connectivity index (χ2n) is 9.14. The molecule has 0 saturated carbocycles. The van der Waals surface area contributed by atoms with E-state index in [1.165, 1.54) is 5.57 Å². The summed E-state index contributed by atoms with van der Waals surface area (Å²) < 4.78 is 5.54. The lowest BCUT2D eigenvalue weighted by molar-refractivity contribution is 0.280. The van der Waals surface area contributed by atoms with Crippen LogP contribution in [-0.2, 0) is 0 Å². The SMILES string of the molecule is COc1ccccc1N1CCN(CC2=Cc3cnc(C#N)nc3/C2=C\C(C)(C)C)CC1. The van der Waals surface area contributed by atoms with E-state index in [9.17, 15) is 5.26 Å². The van der Waals surface area contributed by atoms with Crippen LogP contribution in [0, 0.1) is 16.7 Å². The molecule has 0 bridgehead atoms. The maximum absolute atomic E-state index is 9.24. The molecule has 4 rings (SSSR count). The van der Waals surface area contributed by atoms with Gasteiger partial charge in [0.1, 0.15) is 11.8 Å². The molecular formula is C25H29N5O. The number of methoxy groups -OCH3 is 1. The molecule has 2 heterocycles. The van der Waals surface area contributed by atoms with Crippen LogP contribution in [0.4, 0.5) is 5.69 Å². The van der Waals surface area contributed by atoms with Crippen molar-refractivity contribution in [3.05, 3.63) is 59.2 Å². The number of aromatic nitrogens is 2. The summed E-state index contributed by atoms with van der Waals surface area (Å²) in [4.78, 5) is 13.6. The molecule has 1 aliphatic heterocycles. The molecule has 0 amide bonds. The maximum Gasteiger partial charge on any atom is 0.232 e. The van der Waals surface area contributed by atoms with E-state index in [4.69, 9.17) is 4.74 Å². The van der Waals surface area contributed by atoms with E-state index in [2.05, 4.69) is 70.9 Å². The minimum absolute atomic E-state index is 0.0103. The highest BCUT2D eigenvalue weighted by Crippen LogP contribution is 2.37. The molecule has 6 heteroatoms. The molecule has 0 radical (unpaired) electrons. The Morgan fingerprint density at radius 1 is 1.16 bits per heavy atom. The van der Waals surface area contributed by atoms with Gasteiger partial charge in [-0.2, -0.15) is 5.26 Å². The Kier molecular flexibility index (Phi) is 5.79. The number of piperazine rings is 1. The maximum atomic E-state index is 9.24. The Morgan fingerprint density at radius 2 is 1.90 bits per heavy atom. The van der Waals surface area contributed by atoms with E-state index in [1.54, 1.807) is 13.3 Å². The molecule has 1 aliphatic carbocycles. The molecule has 0 unspecified atom stereocenters. The van der Waals surface area contributed by atoms with E-state index in [0.717, 1.165) is 61.0 Å². The number of hydrogen-bond donors (Lipinski definition) is 0. The van der Waals surface area contributed by atoms with Crippen LogP contribution in [0.1, 0.15) is 37.9 Å². The van der Waals surface area contributed by atoms with Gasteiger partial charge in [0.05, 0.1) is 18.5 Å². The van der Waals surface area contributed by atoms with Crippen molar-refractivity contribution >= 4 is 17.3 Å². The number of rotatable bonds is 4. The summed E-state index contributed by atoms with van der Waals surface area (Å²) in [5.41, 5.74) is 5.43. The van der Waals surface area contributed by atoms with Gasteiger partial charge in [-0.25, -0.2) is 9.97 Å². The molecule has 1 aromatic heterocycles. The minimum atomic E-state index is 0.0103. The Bertz CT molecular complexity index is 1070. The predicted molar refractivity (Wildman–Crippen MR) is 124 cm³/mol. The number of allylic oxidation sites excluding steroid dienone is 1. The highest BCUT2D eigenvalue weighted by Gasteiger charge is 2.27. The molecule has 1 fully saturated rings. The molecule has 160 valence electrons. The highest BCUT2D eigenvalue weighted by molar-refractivity contribution is 5.93. The van der Waals surface area contributed by atoms with Crippen LogP contribution >= 0.6 is 0 Å². The molecule has 2 aliphatic rings. The first-order valence-corrected chi connectivity index (χ1v) is 10.7. The summed E-state index contributed by atoms with van der Waals surface area (Å²) in [7, 11) is 1.73. The van der Waals surface area contributed by atoms with Gasteiger partial charge in [-0.15, -0.1) is 0 Å². The van der Waals surface area contributed by atoms with Gasteiger partial charge in [0.25, 0.3) is 0 Å². The smallest absolute Gasteiger partial charge is 0.232 e. The van der Waals surface area contributed by atoms with Crippen LogP contribution in [0.3, 0.4) is 0 Å². The zero-order valence-electron chi connectivity index (χ0n) is 18.7. The van der Waals surface area contributed by atoms with Crippen molar-refractivity contribution in [3.8, 4) is 11.8 Å². The van der Waals surface area contributed by atoms with Gasteiger partial charge in [-0.3, -0.25) is 4.90 Å². The summed E-state index contributed by atoms with van der Waals surface area (Å²) in [6, 6.07) is 10.3. The van der Waals surface area contributed by atoms with Crippen molar-refractivity contribution < 1.29 is 4.74 Å². The monoisotopic (exact) mass is 415 g/mol. The number of hydrogen-bond acceptors (Lipinski definition) is 6. The average Bonchev–Trinajstić information content (AvgIpc) is 3.09. The fraction of sp³-hybridized carbons (Fsp3) is 0.400. The van der Waals surface area contributed by atoms with E-state index in [0.29, 0.717) is 0 Å². The predicted octanol–water partition coefficient (Wildman–Crippen LogP) is 4.01. The molecule has 0 atom stereocenters. The summed E-state index contributed by atoms with van der Waals surface area (Å²) in [6.45, 7) is 11.3. The van der Waals surface area contributed by atoms with Crippen molar-refractivity contribution in [1.29, 1.82) is 5.26 Å². The lowest BCUT2D eigenvalue weighted by atomic mass is 9.91. The zero-order valence-corrected chi connectivity index (χ0v) is 18.7. The van der Waals surface area contributed by atoms with Gasteiger partial charge in [0.15, 0.2) is 0 Å². The van der Waals surface area contributed by atoms with E-state index in [1.807, 2.05) is 12.1 Å². The van der Waals surface area contributed by atoms with Gasteiger partial charge in [0, 0.05) is 50.1 Å². The molecule has 1 saturated heterocycles. The number of para-hydroxylation sites is 2. The van der Waals surface area contributed by atoms with E-state index >= 15 is 0 Å². The van der Waals surface area contributed by atoms with Crippen LogP contribution in [-0.4, -0.2) is 54.7 Å². The van der Waals surface area contributed by atoms with Gasteiger partial charge in [0.2, 0.25) is 5.82 Å². The third-order valence-corrected chi connectivity index (χ3v) is 5.62. The van der Waals surface area contributed by atoms with Crippen LogP contribution in [0.5, 0.6) is 5.75 Å². The Balaban J connectivity index is 1.50. The summed E-state index contributed by atoms with van der Waals surface area (Å²) in [5, 5.41) is 9.24. The Hall–Kier alpha value is -3.17. The first kappa shape index (κ1) is 21.1. The highest BCUT2D eigenvalue weighted by atomic mass is 16.5. The number of nitriles is 1.